The predicted octanol–water partition coefficient (Wildman–Crippen LogP) is 5.29. The molecule has 1 aromatic heterocycles. The summed E-state index contributed by atoms with van der Waals surface area (Å²) in [7, 11) is 0. The number of carbonyl (C=O) groups is 3. The lowest BCUT2D eigenvalue weighted by Crippen LogP contribution is -2.41. The van der Waals surface area contributed by atoms with Gasteiger partial charge in [-0.1, -0.05) is 6.42 Å². The number of nitrogens with one attached hydrogen (secondary N) is 2. The number of benzene rings is 1. The number of esters is 1. The van der Waals surface area contributed by atoms with Crippen LogP contribution in [-0.2, 0) is 14.3 Å². The molecule has 3 rings (SSSR count). The third-order valence-corrected chi connectivity index (χ3v) is 5.18. The van der Waals surface area contributed by atoms with Crippen LogP contribution >= 0.6 is 0 Å². The molecule has 0 spiro atoms. The highest BCUT2D eigenvalue weighted by atomic mass is 16.6. The predicted molar refractivity (Wildman–Crippen MR) is 124 cm³/mol. The van der Waals surface area contributed by atoms with Crippen LogP contribution in [0.5, 0.6) is 0 Å². The summed E-state index contributed by atoms with van der Waals surface area (Å²) in [6, 6.07) is 9.41. The van der Waals surface area contributed by atoms with Crippen molar-refractivity contribution >= 4 is 23.7 Å². The Balaban J connectivity index is 1.54. The molecule has 2 N–H and O–H groups in total. The molecule has 2 amide bonds. The van der Waals surface area contributed by atoms with Crippen molar-refractivity contribution in [3.63, 3.8) is 0 Å². The van der Waals surface area contributed by atoms with Crippen LogP contribution in [0.25, 0.3) is 11.3 Å². The van der Waals surface area contributed by atoms with Crippen molar-refractivity contribution in [3.05, 3.63) is 42.2 Å². The maximum absolute atomic E-state index is 12.5. The molecule has 33 heavy (non-hydrogen) atoms. The van der Waals surface area contributed by atoms with Crippen molar-refractivity contribution in [1.82, 2.24) is 5.32 Å². The zero-order valence-corrected chi connectivity index (χ0v) is 19.6. The van der Waals surface area contributed by atoms with Crippen molar-refractivity contribution in [2.75, 3.05) is 5.32 Å². The highest BCUT2D eigenvalue weighted by Crippen LogP contribution is 2.25. The van der Waals surface area contributed by atoms with Gasteiger partial charge in [-0.25, -0.2) is 9.59 Å². The zero-order chi connectivity index (χ0) is 24.0. The van der Waals surface area contributed by atoms with Gasteiger partial charge in [0.25, 0.3) is 5.91 Å². The van der Waals surface area contributed by atoms with Crippen molar-refractivity contribution < 1.29 is 28.3 Å². The maximum atomic E-state index is 12.5. The summed E-state index contributed by atoms with van der Waals surface area (Å²) >= 11 is 0. The van der Waals surface area contributed by atoms with Crippen molar-refractivity contribution in [1.29, 1.82) is 0 Å². The Kier molecular flexibility index (Phi) is 7.79. The summed E-state index contributed by atoms with van der Waals surface area (Å²) in [6.07, 6.45) is 4.44. The molecule has 1 heterocycles. The lowest BCUT2D eigenvalue weighted by Gasteiger charge is -2.23. The summed E-state index contributed by atoms with van der Waals surface area (Å²) in [5, 5.41) is 5.29. The monoisotopic (exact) mass is 456 g/mol. The summed E-state index contributed by atoms with van der Waals surface area (Å²) in [5.41, 5.74) is 0.718. The van der Waals surface area contributed by atoms with Gasteiger partial charge < -0.3 is 19.2 Å². The second-order valence-electron chi connectivity index (χ2n) is 9.26. The molecular formula is C25H32N2O6. The molecule has 1 fully saturated rings. The van der Waals surface area contributed by atoms with Gasteiger partial charge in [-0.05, 0) is 89.8 Å². The second-order valence-corrected chi connectivity index (χ2v) is 9.26. The van der Waals surface area contributed by atoms with Crippen LogP contribution in [-0.4, -0.2) is 35.7 Å². The Morgan fingerprint density at radius 3 is 2.30 bits per heavy atom. The minimum atomic E-state index is -0.772. The number of amides is 2. The number of hydrogen-bond acceptors (Lipinski definition) is 6. The quantitative estimate of drug-likeness (QED) is 0.572. The van der Waals surface area contributed by atoms with Crippen LogP contribution in [0.2, 0.25) is 0 Å². The van der Waals surface area contributed by atoms with Crippen LogP contribution in [0.4, 0.5) is 10.5 Å². The second kappa shape index (κ2) is 10.6. The van der Waals surface area contributed by atoms with Crippen LogP contribution in [0.3, 0.4) is 0 Å². The van der Waals surface area contributed by atoms with Gasteiger partial charge in [0, 0.05) is 11.3 Å². The van der Waals surface area contributed by atoms with Crippen LogP contribution in [0.1, 0.15) is 70.4 Å². The smallest absolute Gasteiger partial charge is 0.412 e. The SMILES string of the molecule is C[C@H](NC(=O)c1ccc(-c2ccc(NC(=O)OC(C)(C)C)cc2)o1)C(=O)OC1CCCCC1. The molecule has 0 bridgehead atoms. The lowest BCUT2D eigenvalue weighted by molar-refractivity contribution is -0.152. The molecule has 8 heteroatoms. The largest absolute Gasteiger partial charge is 0.461 e. The molecule has 0 radical (unpaired) electrons. The Hall–Kier alpha value is -3.29. The fourth-order valence-corrected chi connectivity index (χ4v) is 3.53. The molecule has 178 valence electrons. The van der Waals surface area contributed by atoms with Crippen molar-refractivity contribution in [3.8, 4) is 11.3 Å². The van der Waals surface area contributed by atoms with E-state index in [0.717, 1.165) is 31.2 Å². The van der Waals surface area contributed by atoms with Gasteiger partial charge in [-0.2, -0.15) is 0 Å². The van der Waals surface area contributed by atoms with E-state index in [9.17, 15) is 14.4 Å². The van der Waals surface area contributed by atoms with Gasteiger partial charge in [0.1, 0.15) is 23.5 Å². The first-order valence-electron chi connectivity index (χ1n) is 11.3. The molecule has 2 aromatic rings. The van der Waals surface area contributed by atoms with E-state index in [1.807, 2.05) is 0 Å². The molecule has 0 aliphatic heterocycles. The molecular weight excluding hydrogens is 424 g/mol. The van der Waals surface area contributed by atoms with Gasteiger partial charge in [-0.15, -0.1) is 0 Å². The number of rotatable bonds is 6. The van der Waals surface area contributed by atoms with Gasteiger partial charge in [0.05, 0.1) is 0 Å². The van der Waals surface area contributed by atoms with E-state index in [4.69, 9.17) is 13.9 Å². The third-order valence-electron chi connectivity index (χ3n) is 5.18. The Morgan fingerprint density at radius 1 is 1.00 bits per heavy atom. The number of ether oxygens (including phenoxy) is 2. The van der Waals surface area contributed by atoms with E-state index >= 15 is 0 Å². The molecule has 1 saturated carbocycles. The number of furan rings is 1. The summed E-state index contributed by atoms with van der Waals surface area (Å²) < 4.78 is 16.4. The first-order chi connectivity index (χ1) is 15.6. The highest BCUT2D eigenvalue weighted by Gasteiger charge is 2.24. The van der Waals surface area contributed by atoms with Gasteiger partial charge in [0.2, 0.25) is 0 Å². The third kappa shape index (κ3) is 7.37. The fourth-order valence-electron chi connectivity index (χ4n) is 3.53. The molecule has 1 aliphatic carbocycles. The minimum Gasteiger partial charge on any atom is -0.461 e. The minimum absolute atomic E-state index is 0.0615. The first kappa shape index (κ1) is 24.4. The standard InChI is InChI=1S/C25H32N2O6/c1-16(23(29)31-19-8-6-5-7-9-19)26-22(28)21-15-14-20(32-21)17-10-12-18(13-11-17)27-24(30)33-25(2,3)4/h10-16,19H,5-9H2,1-4H3,(H,26,28)(H,27,30)/t16-/m0/s1. The first-order valence-corrected chi connectivity index (χ1v) is 11.3. The Morgan fingerprint density at radius 2 is 1.67 bits per heavy atom. The number of hydrogen-bond donors (Lipinski definition) is 2. The average molecular weight is 457 g/mol. The van der Waals surface area contributed by atoms with E-state index in [1.165, 1.54) is 6.42 Å². The van der Waals surface area contributed by atoms with E-state index in [0.29, 0.717) is 11.4 Å². The average Bonchev–Trinajstić information content (AvgIpc) is 3.24. The van der Waals surface area contributed by atoms with Crippen LogP contribution in [0.15, 0.2) is 40.8 Å². The van der Waals surface area contributed by atoms with Crippen molar-refractivity contribution in [2.24, 2.45) is 0 Å². The fraction of sp³-hybridized carbons (Fsp3) is 0.480. The van der Waals surface area contributed by atoms with E-state index in [1.54, 1.807) is 64.1 Å². The van der Waals surface area contributed by atoms with Gasteiger partial charge >= 0.3 is 12.1 Å². The number of anilines is 1. The zero-order valence-electron chi connectivity index (χ0n) is 19.6. The summed E-state index contributed by atoms with van der Waals surface area (Å²) in [5.74, 6) is -0.340. The highest BCUT2D eigenvalue weighted by molar-refractivity contribution is 5.95. The Bertz CT molecular complexity index is 968. The van der Waals surface area contributed by atoms with E-state index in [-0.39, 0.29) is 11.9 Å². The van der Waals surface area contributed by atoms with Crippen LogP contribution < -0.4 is 10.6 Å². The lowest BCUT2D eigenvalue weighted by atomic mass is 9.98. The molecule has 0 unspecified atom stereocenters. The van der Waals surface area contributed by atoms with Crippen LogP contribution in [0, 0.1) is 0 Å². The van der Waals surface area contributed by atoms with Crippen molar-refractivity contribution in [2.45, 2.75) is 77.5 Å². The Labute approximate surface area is 194 Å². The molecule has 1 atom stereocenters. The summed E-state index contributed by atoms with van der Waals surface area (Å²) in [6.45, 7) is 6.98. The number of carbonyl (C=O) groups excluding carboxylic acids is 3. The maximum Gasteiger partial charge on any atom is 0.412 e. The van der Waals surface area contributed by atoms with E-state index in [2.05, 4.69) is 10.6 Å². The summed E-state index contributed by atoms with van der Waals surface area (Å²) in [4.78, 5) is 36.7. The normalized spacial score (nSPS) is 15.4. The topological polar surface area (TPSA) is 107 Å². The van der Waals surface area contributed by atoms with E-state index < -0.39 is 29.6 Å². The molecule has 8 nitrogen and oxygen atoms in total. The molecule has 1 aromatic carbocycles. The molecule has 1 aliphatic rings. The van der Waals surface area contributed by atoms with Gasteiger partial charge in [0.15, 0.2) is 5.76 Å². The molecule has 0 saturated heterocycles. The van der Waals surface area contributed by atoms with Gasteiger partial charge in [-0.3, -0.25) is 10.1 Å².